The summed E-state index contributed by atoms with van der Waals surface area (Å²) in [5.41, 5.74) is 0. The second kappa shape index (κ2) is 6.25. The van der Waals surface area contributed by atoms with Crippen molar-refractivity contribution in [3.8, 4) is 0 Å². The molecule has 0 saturated carbocycles. The minimum absolute atomic E-state index is 0.0909. The second-order valence-electron chi connectivity index (χ2n) is 4.93. The summed E-state index contributed by atoms with van der Waals surface area (Å²) < 4.78 is 26.6. The predicted octanol–water partition coefficient (Wildman–Crippen LogP) is 0.244. The highest BCUT2D eigenvalue weighted by Gasteiger charge is 2.33. The smallest absolute Gasteiger partial charge is 0.252 e. The molecule has 9 heteroatoms. The fourth-order valence-electron chi connectivity index (χ4n) is 2.46. The van der Waals surface area contributed by atoms with E-state index in [0.29, 0.717) is 30.4 Å². The van der Waals surface area contributed by atoms with Gasteiger partial charge in [-0.3, -0.25) is 10.1 Å². The van der Waals surface area contributed by atoms with Crippen LogP contribution >= 0.6 is 23.1 Å². The Kier molecular flexibility index (Phi) is 4.55. The minimum Gasteiger partial charge on any atom is -0.339 e. The molecule has 1 amide bonds. The third kappa shape index (κ3) is 3.11. The summed E-state index contributed by atoms with van der Waals surface area (Å²) in [6.45, 7) is 1.66. The molecule has 3 rings (SSSR count). The van der Waals surface area contributed by atoms with Crippen LogP contribution in [0, 0.1) is 0 Å². The van der Waals surface area contributed by atoms with E-state index in [9.17, 15) is 13.2 Å². The van der Waals surface area contributed by atoms with Crippen LogP contribution in [-0.2, 0) is 14.8 Å². The molecule has 1 aromatic heterocycles. The molecular formula is C12H17N3O3S3. The van der Waals surface area contributed by atoms with Gasteiger partial charge in [-0.2, -0.15) is 4.31 Å². The number of amides is 1. The number of carbonyl (C=O) groups excluding carboxylic acids is 1. The highest BCUT2D eigenvalue weighted by atomic mass is 32.2. The van der Waals surface area contributed by atoms with E-state index in [1.807, 2.05) is 0 Å². The molecule has 2 aliphatic heterocycles. The lowest BCUT2D eigenvalue weighted by Gasteiger charge is -2.34. The molecular weight excluding hydrogens is 330 g/mol. The molecule has 1 atom stereocenters. The molecule has 3 heterocycles. The SMILES string of the molecule is O=C(C1CSCN1)N1CCN(S(=O)(=O)c2cccs2)CC1. The first-order chi connectivity index (χ1) is 10.1. The van der Waals surface area contributed by atoms with Crippen LogP contribution in [0.15, 0.2) is 21.7 Å². The highest BCUT2D eigenvalue weighted by Crippen LogP contribution is 2.22. The van der Waals surface area contributed by atoms with Gasteiger partial charge in [-0.1, -0.05) is 6.07 Å². The van der Waals surface area contributed by atoms with Gasteiger partial charge in [-0.25, -0.2) is 8.42 Å². The Morgan fingerprint density at radius 1 is 1.29 bits per heavy atom. The lowest BCUT2D eigenvalue weighted by atomic mass is 10.2. The van der Waals surface area contributed by atoms with Crippen molar-refractivity contribution >= 4 is 39.0 Å². The third-order valence-corrected chi connectivity index (χ3v) is 7.87. The summed E-state index contributed by atoms with van der Waals surface area (Å²) in [7, 11) is -3.39. The lowest BCUT2D eigenvalue weighted by Crippen LogP contribution is -2.54. The van der Waals surface area contributed by atoms with Crippen molar-refractivity contribution in [3.05, 3.63) is 17.5 Å². The fraction of sp³-hybridized carbons (Fsp3) is 0.583. The Bertz CT molecular complexity index is 589. The van der Waals surface area contributed by atoms with E-state index in [4.69, 9.17) is 0 Å². The van der Waals surface area contributed by atoms with Crippen LogP contribution < -0.4 is 5.32 Å². The van der Waals surface area contributed by atoms with Crippen molar-refractivity contribution in [2.24, 2.45) is 0 Å². The molecule has 0 aromatic carbocycles. The Labute approximate surface area is 132 Å². The van der Waals surface area contributed by atoms with Gasteiger partial charge >= 0.3 is 0 Å². The van der Waals surface area contributed by atoms with Gasteiger partial charge in [0.1, 0.15) is 4.21 Å². The van der Waals surface area contributed by atoms with Crippen molar-refractivity contribution < 1.29 is 13.2 Å². The van der Waals surface area contributed by atoms with Crippen molar-refractivity contribution in [1.29, 1.82) is 0 Å². The number of nitrogens with one attached hydrogen (secondary N) is 1. The average molecular weight is 347 g/mol. The third-order valence-electron chi connectivity index (χ3n) is 3.65. The van der Waals surface area contributed by atoms with Crippen molar-refractivity contribution in [2.45, 2.75) is 10.3 Å². The van der Waals surface area contributed by atoms with Gasteiger partial charge in [0, 0.05) is 37.8 Å². The summed E-state index contributed by atoms with van der Waals surface area (Å²) in [6.07, 6.45) is 0. The maximum absolute atomic E-state index is 12.4. The zero-order chi connectivity index (χ0) is 14.9. The summed E-state index contributed by atoms with van der Waals surface area (Å²) >= 11 is 2.94. The maximum atomic E-state index is 12.4. The van der Waals surface area contributed by atoms with Crippen LogP contribution in [0.3, 0.4) is 0 Å². The molecule has 0 bridgehead atoms. The molecule has 2 aliphatic rings. The van der Waals surface area contributed by atoms with E-state index in [1.54, 1.807) is 34.2 Å². The van der Waals surface area contributed by atoms with Gasteiger partial charge in [0.2, 0.25) is 5.91 Å². The first kappa shape index (κ1) is 15.3. The molecule has 0 aliphatic carbocycles. The first-order valence-electron chi connectivity index (χ1n) is 6.72. The first-order valence-corrected chi connectivity index (χ1v) is 10.2. The van der Waals surface area contributed by atoms with Gasteiger partial charge in [-0.05, 0) is 11.4 Å². The highest BCUT2D eigenvalue weighted by molar-refractivity contribution is 7.99. The van der Waals surface area contributed by atoms with Crippen LogP contribution in [0.25, 0.3) is 0 Å². The molecule has 2 saturated heterocycles. The average Bonchev–Trinajstić information content (AvgIpc) is 3.19. The number of hydrogen-bond donors (Lipinski definition) is 1. The molecule has 1 unspecified atom stereocenters. The summed E-state index contributed by atoms with van der Waals surface area (Å²) in [4.78, 5) is 14.0. The Morgan fingerprint density at radius 2 is 2.05 bits per heavy atom. The second-order valence-corrected chi connectivity index (χ2v) is 9.08. The predicted molar refractivity (Wildman–Crippen MR) is 83.9 cm³/mol. The standard InChI is InChI=1S/C12H17N3O3S3/c16-12(10-8-19-9-13-10)14-3-5-15(6-4-14)21(17,18)11-2-1-7-20-11/h1-2,7,10,13H,3-6,8-9H2. The number of nitrogens with zero attached hydrogens (tertiary/aromatic N) is 2. The van der Waals surface area contributed by atoms with E-state index >= 15 is 0 Å². The van der Waals surface area contributed by atoms with Crippen molar-refractivity contribution in [3.63, 3.8) is 0 Å². The zero-order valence-electron chi connectivity index (χ0n) is 11.4. The van der Waals surface area contributed by atoms with Gasteiger partial charge in [0.25, 0.3) is 10.0 Å². The van der Waals surface area contributed by atoms with E-state index < -0.39 is 10.0 Å². The van der Waals surface area contributed by atoms with Crippen LogP contribution in [0.5, 0.6) is 0 Å². The molecule has 1 aromatic rings. The Morgan fingerprint density at radius 3 is 2.62 bits per heavy atom. The van der Waals surface area contributed by atoms with E-state index in [2.05, 4.69) is 5.32 Å². The van der Waals surface area contributed by atoms with Crippen molar-refractivity contribution in [2.75, 3.05) is 37.8 Å². The summed E-state index contributed by atoms with van der Waals surface area (Å²) in [5, 5.41) is 4.92. The Hall–Kier alpha value is -0.610. The molecule has 0 radical (unpaired) electrons. The fourth-order valence-corrected chi connectivity index (χ4v) is 5.96. The molecule has 21 heavy (non-hydrogen) atoms. The largest absolute Gasteiger partial charge is 0.339 e. The molecule has 6 nitrogen and oxygen atoms in total. The van der Waals surface area contributed by atoms with Crippen LogP contribution in [0.1, 0.15) is 0 Å². The van der Waals surface area contributed by atoms with Crippen LogP contribution in [-0.4, -0.2) is 67.4 Å². The van der Waals surface area contributed by atoms with Gasteiger partial charge < -0.3 is 4.90 Å². The lowest BCUT2D eigenvalue weighted by molar-refractivity contribution is -0.133. The van der Waals surface area contributed by atoms with Crippen LogP contribution in [0.2, 0.25) is 0 Å². The van der Waals surface area contributed by atoms with Crippen molar-refractivity contribution in [1.82, 2.24) is 14.5 Å². The normalized spacial score (nSPS) is 24.4. The monoisotopic (exact) mass is 347 g/mol. The number of rotatable bonds is 3. The number of piperazine rings is 1. The number of thioether (sulfide) groups is 1. The van der Waals surface area contributed by atoms with E-state index in [0.717, 1.165) is 11.6 Å². The topological polar surface area (TPSA) is 69.7 Å². The molecule has 116 valence electrons. The summed E-state index contributed by atoms with van der Waals surface area (Å²) in [6, 6.07) is 3.24. The summed E-state index contributed by atoms with van der Waals surface area (Å²) in [5.74, 6) is 1.70. The molecule has 1 N–H and O–H groups in total. The molecule has 2 fully saturated rings. The number of hydrogen-bond acceptors (Lipinski definition) is 6. The van der Waals surface area contributed by atoms with Crippen LogP contribution in [0.4, 0.5) is 0 Å². The quantitative estimate of drug-likeness (QED) is 0.848. The maximum Gasteiger partial charge on any atom is 0.252 e. The minimum atomic E-state index is -3.39. The number of sulfonamides is 1. The van der Waals surface area contributed by atoms with Gasteiger partial charge in [-0.15, -0.1) is 23.1 Å². The van der Waals surface area contributed by atoms with Gasteiger partial charge in [0.15, 0.2) is 0 Å². The zero-order valence-corrected chi connectivity index (χ0v) is 13.8. The number of thiophene rings is 1. The number of carbonyl (C=O) groups is 1. The van der Waals surface area contributed by atoms with E-state index in [-0.39, 0.29) is 11.9 Å². The molecule has 0 spiro atoms. The Balaban J connectivity index is 1.61. The van der Waals surface area contributed by atoms with E-state index in [1.165, 1.54) is 15.6 Å². The van der Waals surface area contributed by atoms with Gasteiger partial charge in [0.05, 0.1) is 6.04 Å².